The molecule has 0 unspecified atom stereocenters. The quantitative estimate of drug-likeness (QED) is 0.681. The Morgan fingerprint density at radius 2 is 1.74 bits per heavy atom. The van der Waals surface area contributed by atoms with Gasteiger partial charge in [0.2, 0.25) is 0 Å². The Morgan fingerprint density at radius 1 is 1.07 bits per heavy atom. The molecule has 1 N–H and O–H groups in total. The van der Waals surface area contributed by atoms with E-state index in [1.165, 1.54) is 6.07 Å². The molecule has 0 radical (unpaired) electrons. The van der Waals surface area contributed by atoms with Crippen LogP contribution in [0.4, 0.5) is 4.39 Å². The van der Waals surface area contributed by atoms with Crippen molar-refractivity contribution in [3.05, 3.63) is 71.5 Å². The average molecular weight is 371 g/mol. The lowest BCUT2D eigenvalue weighted by atomic mass is 9.86. The Labute approximate surface area is 159 Å². The summed E-state index contributed by atoms with van der Waals surface area (Å²) in [6.45, 7) is 3.96. The summed E-state index contributed by atoms with van der Waals surface area (Å²) in [4.78, 5) is 24.5. The maximum absolute atomic E-state index is 13.5. The molecule has 0 spiro atoms. The smallest absolute Gasteiger partial charge is 0.314 e. The second kappa shape index (κ2) is 10.5. The van der Waals surface area contributed by atoms with E-state index < -0.39 is 17.8 Å². The minimum absolute atomic E-state index is 0.101. The van der Waals surface area contributed by atoms with Gasteiger partial charge in [0.25, 0.3) is 5.91 Å². The Morgan fingerprint density at radius 3 is 2.41 bits per heavy atom. The summed E-state index contributed by atoms with van der Waals surface area (Å²) in [5.74, 6) is -1.39. The highest BCUT2D eigenvalue weighted by atomic mass is 19.1. The van der Waals surface area contributed by atoms with E-state index in [9.17, 15) is 14.0 Å². The largest absolute Gasteiger partial charge is 0.455 e. The highest BCUT2D eigenvalue weighted by molar-refractivity contribution is 5.83. The first-order valence-corrected chi connectivity index (χ1v) is 9.24. The Bertz CT molecular complexity index is 748. The molecule has 4 nitrogen and oxygen atoms in total. The number of hydrogen-bond acceptors (Lipinski definition) is 3. The predicted molar refractivity (Wildman–Crippen MR) is 103 cm³/mol. The second-order valence-corrected chi connectivity index (χ2v) is 6.57. The zero-order valence-corrected chi connectivity index (χ0v) is 15.8. The molecule has 0 aliphatic rings. The molecule has 27 heavy (non-hydrogen) atoms. The van der Waals surface area contributed by atoms with Crippen molar-refractivity contribution < 1.29 is 18.7 Å². The molecule has 0 saturated carbocycles. The minimum atomic E-state index is -0.403. The van der Waals surface area contributed by atoms with Crippen LogP contribution in [0.25, 0.3) is 0 Å². The molecule has 1 amide bonds. The van der Waals surface area contributed by atoms with Crippen molar-refractivity contribution in [1.29, 1.82) is 0 Å². The third-order valence-electron chi connectivity index (χ3n) is 4.65. The lowest BCUT2D eigenvalue weighted by Gasteiger charge is -2.21. The fourth-order valence-electron chi connectivity index (χ4n) is 2.91. The molecule has 2 aromatic rings. The predicted octanol–water partition coefficient (Wildman–Crippen LogP) is 3.86. The van der Waals surface area contributed by atoms with E-state index in [2.05, 4.69) is 5.32 Å². The van der Waals surface area contributed by atoms with Crippen molar-refractivity contribution in [1.82, 2.24) is 5.32 Å². The molecule has 2 aromatic carbocycles. The molecule has 144 valence electrons. The van der Waals surface area contributed by atoms with Gasteiger partial charge in [0, 0.05) is 6.54 Å². The van der Waals surface area contributed by atoms with Gasteiger partial charge in [-0.15, -0.1) is 0 Å². The number of esters is 1. The number of rotatable bonds is 9. The van der Waals surface area contributed by atoms with Gasteiger partial charge >= 0.3 is 5.97 Å². The van der Waals surface area contributed by atoms with Gasteiger partial charge in [-0.3, -0.25) is 9.59 Å². The van der Waals surface area contributed by atoms with Crippen molar-refractivity contribution in [2.24, 2.45) is 5.92 Å². The third-order valence-corrected chi connectivity index (χ3v) is 4.65. The van der Waals surface area contributed by atoms with Gasteiger partial charge in [-0.25, -0.2) is 4.39 Å². The standard InChI is InChI=1S/C22H26FNO3/c1-3-16(2)21(18-10-5-4-6-11-18)22(26)27-15-20(25)24-14-13-17-9-7-8-12-19(17)23/h4-12,16,21H,3,13-15H2,1-2H3,(H,24,25)/t16-,21+/m1/s1. The van der Waals surface area contributed by atoms with Crippen molar-refractivity contribution in [2.75, 3.05) is 13.2 Å². The number of benzene rings is 2. The van der Waals surface area contributed by atoms with Gasteiger partial charge < -0.3 is 10.1 Å². The first-order valence-electron chi connectivity index (χ1n) is 9.24. The van der Waals surface area contributed by atoms with Gasteiger partial charge in [-0.05, 0) is 29.5 Å². The number of halogens is 1. The second-order valence-electron chi connectivity index (χ2n) is 6.57. The SMILES string of the molecule is CC[C@@H](C)[C@H](C(=O)OCC(=O)NCCc1ccccc1F)c1ccccc1. The highest BCUT2D eigenvalue weighted by Gasteiger charge is 2.27. The topological polar surface area (TPSA) is 55.4 Å². The fraction of sp³-hybridized carbons (Fsp3) is 0.364. The van der Waals surface area contributed by atoms with E-state index in [1.54, 1.807) is 18.2 Å². The summed E-state index contributed by atoms with van der Waals surface area (Å²) in [5.41, 5.74) is 1.42. The molecule has 0 aromatic heterocycles. The molecular weight excluding hydrogens is 345 g/mol. The van der Waals surface area contributed by atoms with Gasteiger partial charge in [0.05, 0.1) is 5.92 Å². The van der Waals surface area contributed by atoms with E-state index >= 15 is 0 Å². The lowest BCUT2D eigenvalue weighted by molar-refractivity contribution is -0.151. The molecular formula is C22H26FNO3. The maximum atomic E-state index is 13.5. The van der Waals surface area contributed by atoms with Crippen LogP contribution in [0.3, 0.4) is 0 Å². The molecule has 0 heterocycles. The molecule has 0 aliphatic carbocycles. The summed E-state index contributed by atoms with van der Waals surface area (Å²) in [7, 11) is 0. The highest BCUT2D eigenvalue weighted by Crippen LogP contribution is 2.28. The van der Waals surface area contributed by atoms with Crippen LogP contribution in [0.5, 0.6) is 0 Å². The van der Waals surface area contributed by atoms with Crippen LogP contribution in [0.2, 0.25) is 0 Å². The summed E-state index contributed by atoms with van der Waals surface area (Å²) >= 11 is 0. The molecule has 2 rings (SSSR count). The number of hydrogen-bond donors (Lipinski definition) is 1. The average Bonchev–Trinajstić information content (AvgIpc) is 2.68. The minimum Gasteiger partial charge on any atom is -0.455 e. The van der Waals surface area contributed by atoms with Gasteiger partial charge in [0.15, 0.2) is 6.61 Å². The summed E-state index contributed by atoms with van der Waals surface area (Å²) < 4.78 is 18.8. The van der Waals surface area contributed by atoms with Crippen LogP contribution in [0.1, 0.15) is 37.3 Å². The Balaban J connectivity index is 1.83. The number of carbonyl (C=O) groups is 2. The van der Waals surface area contributed by atoms with Crippen LogP contribution < -0.4 is 5.32 Å². The van der Waals surface area contributed by atoms with E-state index in [0.717, 1.165) is 12.0 Å². The summed E-state index contributed by atoms with van der Waals surface area (Å²) in [5, 5.41) is 2.65. The molecule has 0 saturated heterocycles. The Hall–Kier alpha value is -2.69. The molecule has 0 fully saturated rings. The van der Waals surface area contributed by atoms with Crippen molar-refractivity contribution in [3.8, 4) is 0 Å². The first kappa shape index (κ1) is 20.6. The van der Waals surface area contributed by atoms with Crippen molar-refractivity contribution in [3.63, 3.8) is 0 Å². The third kappa shape index (κ3) is 6.20. The summed E-state index contributed by atoms with van der Waals surface area (Å²) in [6.07, 6.45) is 1.20. The number of ether oxygens (including phenoxy) is 1. The van der Waals surface area contributed by atoms with E-state index in [4.69, 9.17) is 4.74 Å². The maximum Gasteiger partial charge on any atom is 0.314 e. The van der Waals surface area contributed by atoms with E-state index in [-0.39, 0.29) is 24.9 Å². The lowest BCUT2D eigenvalue weighted by Crippen LogP contribution is -2.32. The van der Waals surface area contributed by atoms with Crippen LogP contribution in [-0.4, -0.2) is 25.0 Å². The van der Waals surface area contributed by atoms with E-state index in [1.807, 2.05) is 44.2 Å². The van der Waals surface area contributed by atoms with Crippen LogP contribution in [0, 0.1) is 11.7 Å². The van der Waals surface area contributed by atoms with Crippen LogP contribution >= 0.6 is 0 Å². The fourth-order valence-corrected chi connectivity index (χ4v) is 2.91. The van der Waals surface area contributed by atoms with Gasteiger partial charge in [0.1, 0.15) is 5.82 Å². The monoisotopic (exact) mass is 371 g/mol. The number of nitrogens with one attached hydrogen (secondary N) is 1. The first-order chi connectivity index (χ1) is 13.0. The number of carbonyl (C=O) groups excluding carboxylic acids is 2. The molecule has 0 bridgehead atoms. The van der Waals surface area contributed by atoms with E-state index in [0.29, 0.717) is 12.0 Å². The van der Waals surface area contributed by atoms with Crippen LogP contribution in [-0.2, 0) is 20.7 Å². The zero-order chi connectivity index (χ0) is 19.6. The Kier molecular flexibility index (Phi) is 7.99. The molecule has 2 atom stereocenters. The van der Waals surface area contributed by atoms with Gasteiger partial charge in [-0.2, -0.15) is 0 Å². The number of amides is 1. The molecule has 5 heteroatoms. The van der Waals surface area contributed by atoms with Crippen LogP contribution in [0.15, 0.2) is 54.6 Å². The zero-order valence-electron chi connectivity index (χ0n) is 15.8. The van der Waals surface area contributed by atoms with Gasteiger partial charge in [-0.1, -0.05) is 68.8 Å². The normalized spacial score (nSPS) is 12.9. The molecule has 0 aliphatic heterocycles. The van der Waals surface area contributed by atoms with Crippen molar-refractivity contribution >= 4 is 11.9 Å². The summed E-state index contributed by atoms with van der Waals surface area (Å²) in [6, 6.07) is 15.9. The van der Waals surface area contributed by atoms with Crippen molar-refractivity contribution in [2.45, 2.75) is 32.6 Å².